The molecule has 0 aromatic carbocycles. The molecular weight excluding hydrogens is 144 g/mol. The Labute approximate surface area is 66.3 Å². The van der Waals surface area contributed by atoms with Crippen molar-refractivity contribution in [1.82, 2.24) is 10.6 Å². The zero-order chi connectivity index (χ0) is 8.10. The predicted octanol–water partition coefficient (Wildman–Crippen LogP) is -0.889. The van der Waals surface area contributed by atoms with Crippen molar-refractivity contribution in [2.45, 2.75) is 12.5 Å². The SMILES string of the molecule is CNC(=O)CO[C@H]1CCNC1. The summed E-state index contributed by atoms with van der Waals surface area (Å²) in [4.78, 5) is 10.7. The van der Waals surface area contributed by atoms with Gasteiger partial charge >= 0.3 is 0 Å². The van der Waals surface area contributed by atoms with Crippen LogP contribution in [0.2, 0.25) is 0 Å². The van der Waals surface area contributed by atoms with Crippen LogP contribution in [0.4, 0.5) is 0 Å². The van der Waals surface area contributed by atoms with Crippen molar-refractivity contribution in [3.05, 3.63) is 0 Å². The van der Waals surface area contributed by atoms with Gasteiger partial charge in [0.15, 0.2) is 0 Å². The lowest BCUT2D eigenvalue weighted by atomic mass is 10.3. The van der Waals surface area contributed by atoms with E-state index in [9.17, 15) is 4.79 Å². The summed E-state index contributed by atoms with van der Waals surface area (Å²) in [6.07, 6.45) is 1.24. The molecule has 0 spiro atoms. The minimum atomic E-state index is -0.0584. The molecule has 0 unspecified atom stereocenters. The van der Waals surface area contributed by atoms with Crippen LogP contribution in [-0.2, 0) is 9.53 Å². The highest BCUT2D eigenvalue weighted by atomic mass is 16.5. The van der Waals surface area contributed by atoms with Crippen molar-refractivity contribution in [3.8, 4) is 0 Å². The third kappa shape index (κ3) is 2.86. The van der Waals surface area contributed by atoms with E-state index in [-0.39, 0.29) is 18.6 Å². The number of hydrogen-bond acceptors (Lipinski definition) is 3. The number of likely N-dealkylation sites (N-methyl/N-ethyl adjacent to an activating group) is 1. The first-order chi connectivity index (χ1) is 5.33. The summed E-state index contributed by atoms with van der Waals surface area (Å²) in [6.45, 7) is 2.05. The van der Waals surface area contributed by atoms with Crippen LogP contribution in [0.3, 0.4) is 0 Å². The van der Waals surface area contributed by atoms with Crippen LogP contribution >= 0.6 is 0 Å². The van der Waals surface area contributed by atoms with E-state index in [1.807, 2.05) is 0 Å². The van der Waals surface area contributed by atoms with Crippen LogP contribution in [0.25, 0.3) is 0 Å². The van der Waals surface area contributed by atoms with Crippen molar-refractivity contribution in [1.29, 1.82) is 0 Å². The fourth-order valence-corrected chi connectivity index (χ4v) is 1.04. The third-order valence-electron chi connectivity index (χ3n) is 1.74. The third-order valence-corrected chi connectivity index (χ3v) is 1.74. The van der Waals surface area contributed by atoms with Gasteiger partial charge in [-0.2, -0.15) is 0 Å². The van der Waals surface area contributed by atoms with E-state index in [0.29, 0.717) is 0 Å². The van der Waals surface area contributed by atoms with Gasteiger partial charge in [0.2, 0.25) is 5.91 Å². The smallest absolute Gasteiger partial charge is 0.245 e. The molecule has 64 valence electrons. The number of amides is 1. The number of carbonyl (C=O) groups excluding carboxylic acids is 1. The second-order valence-electron chi connectivity index (χ2n) is 2.60. The van der Waals surface area contributed by atoms with Crippen LogP contribution < -0.4 is 10.6 Å². The number of carbonyl (C=O) groups is 1. The Morgan fingerprint density at radius 3 is 3.18 bits per heavy atom. The van der Waals surface area contributed by atoms with Gasteiger partial charge in [0.25, 0.3) is 0 Å². The molecule has 0 aromatic rings. The fraction of sp³-hybridized carbons (Fsp3) is 0.857. The van der Waals surface area contributed by atoms with E-state index >= 15 is 0 Å². The van der Waals surface area contributed by atoms with Crippen LogP contribution in [0.15, 0.2) is 0 Å². The molecule has 0 radical (unpaired) electrons. The summed E-state index contributed by atoms with van der Waals surface area (Å²) in [5.41, 5.74) is 0. The zero-order valence-electron chi connectivity index (χ0n) is 6.72. The van der Waals surface area contributed by atoms with Crippen LogP contribution in [0.5, 0.6) is 0 Å². The molecule has 1 amide bonds. The maximum atomic E-state index is 10.7. The van der Waals surface area contributed by atoms with Crippen LogP contribution in [0, 0.1) is 0 Å². The molecule has 11 heavy (non-hydrogen) atoms. The minimum absolute atomic E-state index is 0.0584. The first-order valence-electron chi connectivity index (χ1n) is 3.86. The second kappa shape index (κ2) is 4.31. The van der Waals surface area contributed by atoms with E-state index in [4.69, 9.17) is 4.74 Å². The Balaban J connectivity index is 2.06. The van der Waals surface area contributed by atoms with Gasteiger partial charge in [0.05, 0.1) is 6.10 Å². The van der Waals surface area contributed by atoms with Gasteiger partial charge in [0.1, 0.15) is 6.61 Å². The van der Waals surface area contributed by atoms with Gasteiger partial charge in [-0.25, -0.2) is 0 Å². The summed E-state index contributed by atoms with van der Waals surface area (Å²) in [7, 11) is 1.61. The van der Waals surface area contributed by atoms with Crippen molar-refractivity contribution in [3.63, 3.8) is 0 Å². The Bertz CT molecular complexity index is 132. The normalized spacial score (nSPS) is 23.5. The Morgan fingerprint density at radius 2 is 2.64 bits per heavy atom. The number of nitrogens with one attached hydrogen (secondary N) is 2. The summed E-state index contributed by atoms with van der Waals surface area (Å²) in [5.74, 6) is -0.0584. The average molecular weight is 158 g/mol. The molecule has 0 aliphatic carbocycles. The number of rotatable bonds is 3. The van der Waals surface area contributed by atoms with E-state index in [1.54, 1.807) is 7.05 Å². The zero-order valence-corrected chi connectivity index (χ0v) is 6.72. The van der Waals surface area contributed by atoms with Crippen molar-refractivity contribution < 1.29 is 9.53 Å². The molecule has 1 rings (SSSR count). The second-order valence-corrected chi connectivity index (χ2v) is 2.60. The first-order valence-corrected chi connectivity index (χ1v) is 3.86. The standard InChI is InChI=1S/C7H14N2O2/c1-8-7(10)5-11-6-2-3-9-4-6/h6,9H,2-5H2,1H3,(H,8,10)/t6-/m0/s1. The van der Waals surface area contributed by atoms with Gasteiger partial charge in [0, 0.05) is 13.6 Å². The predicted molar refractivity (Wildman–Crippen MR) is 41.3 cm³/mol. The van der Waals surface area contributed by atoms with Gasteiger partial charge in [-0.15, -0.1) is 0 Å². The van der Waals surface area contributed by atoms with Crippen molar-refractivity contribution in [2.24, 2.45) is 0 Å². The minimum Gasteiger partial charge on any atom is -0.367 e. The topological polar surface area (TPSA) is 50.4 Å². The largest absolute Gasteiger partial charge is 0.367 e. The molecule has 0 bridgehead atoms. The maximum absolute atomic E-state index is 10.7. The molecule has 0 aromatic heterocycles. The van der Waals surface area contributed by atoms with Crippen LogP contribution in [-0.4, -0.2) is 38.8 Å². The Hall–Kier alpha value is -0.610. The highest BCUT2D eigenvalue weighted by Gasteiger charge is 2.15. The molecule has 2 N–H and O–H groups in total. The monoisotopic (exact) mass is 158 g/mol. The molecule has 1 fully saturated rings. The molecule has 1 aliphatic rings. The molecule has 1 saturated heterocycles. The van der Waals surface area contributed by atoms with Gasteiger partial charge < -0.3 is 15.4 Å². The molecule has 1 aliphatic heterocycles. The Morgan fingerprint density at radius 1 is 1.82 bits per heavy atom. The molecule has 4 heteroatoms. The van der Waals surface area contributed by atoms with Crippen molar-refractivity contribution in [2.75, 3.05) is 26.7 Å². The lowest BCUT2D eigenvalue weighted by Gasteiger charge is -2.08. The fourth-order valence-electron chi connectivity index (χ4n) is 1.04. The number of hydrogen-bond donors (Lipinski definition) is 2. The Kier molecular flexibility index (Phi) is 3.32. The van der Waals surface area contributed by atoms with E-state index in [1.165, 1.54) is 0 Å². The van der Waals surface area contributed by atoms with Crippen molar-refractivity contribution >= 4 is 5.91 Å². The van der Waals surface area contributed by atoms with Crippen LogP contribution in [0.1, 0.15) is 6.42 Å². The van der Waals surface area contributed by atoms with Gasteiger partial charge in [-0.3, -0.25) is 4.79 Å². The lowest BCUT2D eigenvalue weighted by molar-refractivity contribution is -0.126. The summed E-state index contributed by atoms with van der Waals surface area (Å²) < 4.78 is 5.28. The quantitative estimate of drug-likeness (QED) is 0.560. The molecule has 1 heterocycles. The maximum Gasteiger partial charge on any atom is 0.245 e. The van der Waals surface area contributed by atoms with E-state index < -0.39 is 0 Å². The first kappa shape index (κ1) is 8.49. The summed E-state index contributed by atoms with van der Waals surface area (Å²) >= 11 is 0. The lowest BCUT2D eigenvalue weighted by Crippen LogP contribution is -2.27. The van der Waals surface area contributed by atoms with Gasteiger partial charge in [-0.1, -0.05) is 0 Å². The summed E-state index contributed by atoms with van der Waals surface area (Å²) in [6, 6.07) is 0. The van der Waals surface area contributed by atoms with Gasteiger partial charge in [-0.05, 0) is 13.0 Å². The highest BCUT2D eigenvalue weighted by Crippen LogP contribution is 2.01. The molecule has 0 saturated carbocycles. The molecule has 4 nitrogen and oxygen atoms in total. The average Bonchev–Trinajstić information content (AvgIpc) is 2.52. The van der Waals surface area contributed by atoms with E-state index in [0.717, 1.165) is 19.5 Å². The highest BCUT2D eigenvalue weighted by molar-refractivity contribution is 5.76. The molecular formula is C7H14N2O2. The number of ether oxygens (including phenoxy) is 1. The van der Waals surface area contributed by atoms with E-state index in [2.05, 4.69) is 10.6 Å². The summed E-state index contributed by atoms with van der Waals surface area (Å²) in [5, 5.41) is 5.66. The molecule has 1 atom stereocenters.